The number of rotatable bonds is 4. The number of H-pyrrole nitrogens is 2. The number of hydrogen-bond acceptors (Lipinski definition) is 6. The highest BCUT2D eigenvalue weighted by atomic mass is 16.3. The molecule has 0 aliphatic rings. The van der Waals surface area contributed by atoms with Crippen LogP contribution in [-0.4, -0.2) is 28.2 Å². The molecule has 0 radical (unpaired) electrons. The van der Waals surface area contributed by atoms with E-state index < -0.39 is 16.9 Å². The molecule has 0 fully saturated rings. The van der Waals surface area contributed by atoms with Gasteiger partial charge < -0.3 is 10.4 Å². The summed E-state index contributed by atoms with van der Waals surface area (Å²) in [6.07, 6.45) is 0. The first-order valence-corrected chi connectivity index (χ1v) is 3.73. The van der Waals surface area contributed by atoms with Crippen LogP contribution < -0.4 is 16.6 Å². The first-order valence-electron chi connectivity index (χ1n) is 3.73. The monoisotopic (exact) mass is 200 g/mol. The Labute approximate surface area is 77.0 Å². The van der Waals surface area contributed by atoms with E-state index in [1.807, 2.05) is 4.98 Å². The number of aliphatic hydroxyl groups is 1. The Bertz CT molecular complexity index is 434. The minimum Gasteiger partial charge on any atom is -0.395 e. The van der Waals surface area contributed by atoms with Gasteiger partial charge in [0.15, 0.2) is 0 Å². The second kappa shape index (κ2) is 4.33. The molecule has 0 spiro atoms. The van der Waals surface area contributed by atoms with Gasteiger partial charge in [0.05, 0.1) is 6.61 Å². The molecule has 14 heavy (non-hydrogen) atoms. The summed E-state index contributed by atoms with van der Waals surface area (Å²) < 4.78 is 0. The van der Waals surface area contributed by atoms with Crippen LogP contribution in [0.5, 0.6) is 0 Å². The van der Waals surface area contributed by atoms with Crippen LogP contribution in [0.4, 0.5) is 11.5 Å². The molecule has 76 valence electrons. The van der Waals surface area contributed by atoms with E-state index in [-0.39, 0.29) is 19.0 Å². The fourth-order valence-corrected chi connectivity index (χ4v) is 0.876. The summed E-state index contributed by atoms with van der Waals surface area (Å²) in [6.45, 7) is -0.102. The Morgan fingerprint density at radius 3 is 2.64 bits per heavy atom. The van der Waals surface area contributed by atoms with Crippen molar-refractivity contribution in [2.45, 2.75) is 0 Å². The van der Waals surface area contributed by atoms with E-state index in [4.69, 9.17) is 5.11 Å². The van der Waals surface area contributed by atoms with Crippen LogP contribution in [0.3, 0.4) is 0 Å². The van der Waals surface area contributed by atoms with Crippen molar-refractivity contribution in [1.29, 1.82) is 0 Å². The van der Waals surface area contributed by atoms with Crippen LogP contribution in [0.1, 0.15) is 0 Å². The Balaban J connectivity index is 3.18. The predicted octanol–water partition coefficient (Wildman–Crippen LogP) is -1.13. The Hall–Kier alpha value is -1.96. The zero-order valence-corrected chi connectivity index (χ0v) is 7.03. The second-order valence-corrected chi connectivity index (χ2v) is 2.37. The molecule has 1 aromatic rings. The number of nitroso groups, excluding NO2 is 1. The van der Waals surface area contributed by atoms with E-state index in [1.165, 1.54) is 0 Å². The van der Waals surface area contributed by atoms with Crippen molar-refractivity contribution >= 4 is 11.5 Å². The molecule has 8 nitrogen and oxygen atoms in total. The van der Waals surface area contributed by atoms with Crippen LogP contribution in [0, 0.1) is 4.91 Å². The van der Waals surface area contributed by atoms with E-state index in [1.54, 1.807) is 0 Å². The fraction of sp³-hybridized carbons (Fsp3) is 0.333. The summed E-state index contributed by atoms with van der Waals surface area (Å²) in [6, 6.07) is 0. The molecule has 0 amide bonds. The minimum atomic E-state index is -0.871. The normalized spacial score (nSPS) is 9.79. The molecule has 0 unspecified atom stereocenters. The number of hydrogen-bond donors (Lipinski definition) is 4. The number of nitrogens with zero attached hydrogens (tertiary/aromatic N) is 1. The maximum absolute atomic E-state index is 11.0. The molecule has 4 N–H and O–H groups in total. The van der Waals surface area contributed by atoms with Gasteiger partial charge in [-0.1, -0.05) is 0 Å². The summed E-state index contributed by atoms with van der Waals surface area (Å²) >= 11 is 0. The van der Waals surface area contributed by atoms with Crippen LogP contribution in [-0.2, 0) is 0 Å². The van der Waals surface area contributed by atoms with Crippen LogP contribution >= 0.6 is 0 Å². The van der Waals surface area contributed by atoms with Gasteiger partial charge >= 0.3 is 5.69 Å². The van der Waals surface area contributed by atoms with Crippen LogP contribution in [0.15, 0.2) is 14.8 Å². The lowest BCUT2D eigenvalue weighted by Crippen LogP contribution is -2.24. The summed E-state index contributed by atoms with van der Waals surface area (Å²) in [5.41, 5.74) is -2.06. The smallest absolute Gasteiger partial charge is 0.327 e. The molecular formula is C6H8N4O4. The van der Waals surface area contributed by atoms with Gasteiger partial charge in [0, 0.05) is 6.54 Å². The topological polar surface area (TPSA) is 127 Å². The second-order valence-electron chi connectivity index (χ2n) is 2.37. The van der Waals surface area contributed by atoms with Crippen molar-refractivity contribution in [3.8, 4) is 0 Å². The van der Waals surface area contributed by atoms with Crippen molar-refractivity contribution in [1.82, 2.24) is 9.97 Å². The Kier molecular flexibility index (Phi) is 3.13. The molecule has 1 heterocycles. The maximum Gasteiger partial charge on any atom is 0.327 e. The SMILES string of the molecule is O=Nc1c(NCCO)[nH]c(=O)[nH]c1=O. The summed E-state index contributed by atoms with van der Waals surface area (Å²) in [4.78, 5) is 36.0. The van der Waals surface area contributed by atoms with Gasteiger partial charge in [0.2, 0.25) is 5.69 Å². The molecule has 0 bridgehead atoms. The zero-order valence-electron chi connectivity index (χ0n) is 7.03. The number of aromatic nitrogens is 2. The highest BCUT2D eigenvalue weighted by Crippen LogP contribution is 2.13. The Morgan fingerprint density at radius 2 is 2.07 bits per heavy atom. The number of aromatic amines is 2. The molecule has 1 rings (SSSR count). The average molecular weight is 200 g/mol. The third-order valence-electron chi connectivity index (χ3n) is 1.42. The molecule has 8 heteroatoms. The third-order valence-corrected chi connectivity index (χ3v) is 1.42. The van der Waals surface area contributed by atoms with Crippen molar-refractivity contribution < 1.29 is 5.11 Å². The van der Waals surface area contributed by atoms with Gasteiger partial charge in [-0.05, 0) is 5.18 Å². The average Bonchev–Trinajstić information content (AvgIpc) is 2.14. The van der Waals surface area contributed by atoms with E-state index in [2.05, 4.69) is 15.5 Å². The number of nitrogens with one attached hydrogen (secondary N) is 3. The Morgan fingerprint density at radius 1 is 1.36 bits per heavy atom. The van der Waals surface area contributed by atoms with Crippen LogP contribution in [0.2, 0.25) is 0 Å². The highest BCUT2D eigenvalue weighted by molar-refractivity contribution is 5.57. The summed E-state index contributed by atoms with van der Waals surface area (Å²) in [5.74, 6) is -0.0946. The number of aliphatic hydroxyl groups excluding tert-OH is 1. The van der Waals surface area contributed by atoms with Crippen molar-refractivity contribution in [3.63, 3.8) is 0 Å². The van der Waals surface area contributed by atoms with Crippen molar-refractivity contribution in [2.75, 3.05) is 18.5 Å². The van der Waals surface area contributed by atoms with E-state index in [0.29, 0.717) is 0 Å². The van der Waals surface area contributed by atoms with E-state index in [9.17, 15) is 14.5 Å². The van der Waals surface area contributed by atoms with Gasteiger partial charge in [-0.25, -0.2) is 4.79 Å². The predicted molar refractivity (Wildman–Crippen MR) is 48.7 cm³/mol. The largest absolute Gasteiger partial charge is 0.395 e. The lowest BCUT2D eigenvalue weighted by Gasteiger charge is -2.03. The first-order chi connectivity index (χ1) is 6.69. The minimum absolute atomic E-state index is 0.0946. The first kappa shape index (κ1) is 10.1. The van der Waals surface area contributed by atoms with Crippen LogP contribution in [0.25, 0.3) is 0 Å². The van der Waals surface area contributed by atoms with Gasteiger partial charge in [0.25, 0.3) is 5.56 Å². The van der Waals surface area contributed by atoms with Gasteiger partial charge in [-0.3, -0.25) is 14.8 Å². The van der Waals surface area contributed by atoms with Gasteiger partial charge in [0.1, 0.15) is 5.82 Å². The molecule has 0 atom stereocenters. The fourth-order valence-electron chi connectivity index (χ4n) is 0.876. The molecule has 0 aliphatic carbocycles. The molecular weight excluding hydrogens is 192 g/mol. The lowest BCUT2D eigenvalue weighted by atomic mass is 10.4. The molecule has 0 saturated heterocycles. The van der Waals surface area contributed by atoms with E-state index in [0.717, 1.165) is 0 Å². The molecule has 1 aromatic heterocycles. The third kappa shape index (κ3) is 2.04. The van der Waals surface area contributed by atoms with E-state index >= 15 is 0 Å². The van der Waals surface area contributed by atoms with Gasteiger partial charge in [-0.15, -0.1) is 4.91 Å². The summed E-state index contributed by atoms with van der Waals surface area (Å²) in [5, 5.41) is 13.4. The summed E-state index contributed by atoms with van der Waals surface area (Å²) in [7, 11) is 0. The quantitative estimate of drug-likeness (QED) is 0.457. The van der Waals surface area contributed by atoms with Gasteiger partial charge in [-0.2, -0.15) is 0 Å². The molecule has 0 aliphatic heterocycles. The van der Waals surface area contributed by atoms with Crippen molar-refractivity contribution in [2.24, 2.45) is 5.18 Å². The molecule has 0 saturated carbocycles. The highest BCUT2D eigenvalue weighted by Gasteiger charge is 2.08. The zero-order chi connectivity index (χ0) is 10.6. The van der Waals surface area contributed by atoms with Crippen molar-refractivity contribution in [3.05, 3.63) is 25.7 Å². The maximum atomic E-state index is 11.0. The number of anilines is 1. The standard InChI is InChI=1S/C6H8N4O4/c11-2-1-7-4-3(10-14)5(12)9-6(13)8-4/h11H,1-2H2,(H3,7,8,9,12,13). The molecule has 0 aromatic carbocycles. The lowest BCUT2D eigenvalue weighted by molar-refractivity contribution is 0.311.